The van der Waals surface area contributed by atoms with Crippen LogP contribution >= 0.6 is 0 Å². The third-order valence-electron chi connectivity index (χ3n) is 6.38. The lowest BCUT2D eigenvalue weighted by Crippen LogP contribution is -2.32. The number of amides is 1. The highest BCUT2D eigenvalue weighted by Gasteiger charge is 2.44. The first kappa shape index (κ1) is 20.9. The van der Waals surface area contributed by atoms with Gasteiger partial charge in [-0.25, -0.2) is 9.80 Å². The van der Waals surface area contributed by atoms with E-state index in [2.05, 4.69) is 18.2 Å². The van der Waals surface area contributed by atoms with E-state index >= 15 is 0 Å². The fraction of sp³-hybridized carbons (Fsp3) is 0.179. The molecule has 1 aliphatic carbocycles. The molecule has 0 aromatic heterocycles. The summed E-state index contributed by atoms with van der Waals surface area (Å²) in [4.78, 5) is 25.5. The Morgan fingerprint density at radius 3 is 2.21 bits per heavy atom. The Morgan fingerprint density at radius 2 is 1.52 bits per heavy atom. The Hall–Kier alpha value is -3.99. The molecule has 2 atom stereocenters. The Balaban J connectivity index is 1.61. The first-order chi connectivity index (χ1) is 16.1. The summed E-state index contributed by atoms with van der Waals surface area (Å²) in [6.07, 6.45) is 5.00. The molecule has 1 N–H and O–H groups in total. The van der Waals surface area contributed by atoms with Gasteiger partial charge < -0.3 is 5.11 Å². The number of allylic oxidation sites excluding steroid dienone is 1. The van der Waals surface area contributed by atoms with Crippen molar-refractivity contribution in [1.82, 2.24) is 5.01 Å². The number of rotatable bonds is 4. The lowest BCUT2D eigenvalue weighted by molar-refractivity contribution is 0.0646. The first-order valence-electron chi connectivity index (χ1n) is 11.2. The molecule has 1 heterocycles. The van der Waals surface area contributed by atoms with Crippen LogP contribution in [-0.2, 0) is 0 Å². The number of hydrogen-bond donors (Lipinski definition) is 1. The average Bonchev–Trinajstić information content (AvgIpc) is 3.25. The number of carboxylic acid groups (broad SMARTS) is 1. The lowest BCUT2D eigenvalue weighted by Gasteiger charge is -2.29. The maximum absolute atomic E-state index is 13.7. The molecule has 2 aliphatic rings. The quantitative estimate of drug-likeness (QED) is 0.560. The predicted molar refractivity (Wildman–Crippen MR) is 128 cm³/mol. The molecular formula is C28H24N2O3. The summed E-state index contributed by atoms with van der Waals surface area (Å²) in [5, 5.41) is 16.0. The molecule has 5 rings (SSSR count). The van der Waals surface area contributed by atoms with E-state index in [9.17, 15) is 14.7 Å². The number of nitrogens with zero attached hydrogens (tertiary/aromatic N) is 2. The van der Waals surface area contributed by atoms with Gasteiger partial charge >= 0.3 is 5.97 Å². The normalized spacial score (nSPS) is 20.9. The first-order valence-corrected chi connectivity index (χ1v) is 11.2. The second kappa shape index (κ2) is 8.87. The molecule has 1 amide bonds. The number of fused-ring (bicyclic) bond motifs is 1. The van der Waals surface area contributed by atoms with Crippen molar-refractivity contribution in [2.45, 2.75) is 25.3 Å². The third-order valence-corrected chi connectivity index (χ3v) is 6.38. The Morgan fingerprint density at radius 1 is 0.879 bits per heavy atom. The van der Waals surface area contributed by atoms with Crippen molar-refractivity contribution in [2.75, 3.05) is 0 Å². The SMILES string of the molecule is O=C(O)c1ccccc1C(=O)N1N=C2/C(=C\c3ccccc3)CCC[C@@H]2[C@H]1c1ccccc1. The number of hydrazone groups is 1. The minimum absolute atomic E-state index is 0.00978. The molecule has 0 spiro atoms. The van der Waals surface area contributed by atoms with Gasteiger partial charge in [-0.15, -0.1) is 0 Å². The molecule has 0 saturated heterocycles. The summed E-state index contributed by atoms with van der Waals surface area (Å²) >= 11 is 0. The zero-order chi connectivity index (χ0) is 22.8. The predicted octanol–water partition coefficient (Wildman–Crippen LogP) is 5.82. The van der Waals surface area contributed by atoms with Crippen LogP contribution in [0.2, 0.25) is 0 Å². The van der Waals surface area contributed by atoms with Crippen LogP contribution < -0.4 is 0 Å². The minimum Gasteiger partial charge on any atom is -0.478 e. The Kier molecular flexibility index (Phi) is 5.61. The summed E-state index contributed by atoms with van der Waals surface area (Å²) < 4.78 is 0. The molecule has 0 radical (unpaired) electrons. The molecule has 5 heteroatoms. The van der Waals surface area contributed by atoms with E-state index in [0.29, 0.717) is 0 Å². The van der Waals surface area contributed by atoms with Crippen LogP contribution in [-0.4, -0.2) is 27.7 Å². The van der Waals surface area contributed by atoms with Crippen LogP contribution in [0, 0.1) is 5.92 Å². The van der Waals surface area contributed by atoms with Crippen molar-refractivity contribution >= 4 is 23.7 Å². The van der Waals surface area contributed by atoms with Gasteiger partial charge in [-0.3, -0.25) is 4.79 Å². The summed E-state index contributed by atoms with van der Waals surface area (Å²) in [7, 11) is 0. The van der Waals surface area contributed by atoms with E-state index in [1.807, 2.05) is 48.5 Å². The van der Waals surface area contributed by atoms with Crippen LogP contribution in [0.15, 0.2) is 95.6 Å². The smallest absolute Gasteiger partial charge is 0.336 e. The van der Waals surface area contributed by atoms with Gasteiger partial charge in [0.25, 0.3) is 5.91 Å². The van der Waals surface area contributed by atoms with Crippen molar-refractivity contribution in [3.63, 3.8) is 0 Å². The standard InChI is InChI=1S/C28H24N2O3/c31-27(22-15-7-8-16-23(22)28(32)33)30-26(20-12-5-2-6-13-20)24-17-9-14-21(25(24)29-30)18-19-10-3-1-4-11-19/h1-8,10-13,15-16,18,24,26H,9,14,17H2,(H,32,33)/b21-18-/t24-,26+/m0/s1. The molecular weight excluding hydrogens is 412 g/mol. The van der Waals surface area contributed by atoms with E-state index in [0.717, 1.165) is 41.7 Å². The number of benzene rings is 3. The minimum atomic E-state index is -1.12. The molecule has 1 saturated carbocycles. The molecule has 0 unspecified atom stereocenters. The van der Waals surface area contributed by atoms with E-state index < -0.39 is 5.97 Å². The van der Waals surface area contributed by atoms with Crippen LogP contribution in [0.4, 0.5) is 0 Å². The van der Waals surface area contributed by atoms with Gasteiger partial charge in [0.2, 0.25) is 0 Å². The van der Waals surface area contributed by atoms with Crippen LogP contribution in [0.3, 0.4) is 0 Å². The molecule has 3 aromatic carbocycles. The third kappa shape index (κ3) is 3.98. The summed E-state index contributed by atoms with van der Waals surface area (Å²) in [6.45, 7) is 0. The summed E-state index contributed by atoms with van der Waals surface area (Å²) in [5.74, 6) is -1.44. The molecule has 1 aliphatic heterocycles. The number of carbonyl (C=O) groups is 2. The van der Waals surface area contributed by atoms with Crippen LogP contribution in [0.1, 0.15) is 57.1 Å². The zero-order valence-electron chi connectivity index (χ0n) is 18.1. The van der Waals surface area contributed by atoms with Crippen molar-refractivity contribution in [3.05, 3.63) is 113 Å². The number of carboxylic acids is 1. The Labute approximate surface area is 192 Å². The zero-order valence-corrected chi connectivity index (χ0v) is 18.1. The van der Waals surface area contributed by atoms with E-state index in [4.69, 9.17) is 5.10 Å². The van der Waals surface area contributed by atoms with Crippen LogP contribution in [0.5, 0.6) is 0 Å². The topological polar surface area (TPSA) is 70.0 Å². The molecule has 1 fully saturated rings. The van der Waals surface area contributed by atoms with E-state index in [1.165, 1.54) is 11.1 Å². The molecule has 0 bridgehead atoms. The second-order valence-corrected chi connectivity index (χ2v) is 8.42. The van der Waals surface area contributed by atoms with Gasteiger partial charge in [-0.1, -0.05) is 72.8 Å². The van der Waals surface area contributed by atoms with Crippen molar-refractivity contribution in [2.24, 2.45) is 11.0 Å². The maximum atomic E-state index is 13.7. The largest absolute Gasteiger partial charge is 0.478 e. The van der Waals surface area contributed by atoms with Crippen molar-refractivity contribution in [3.8, 4) is 0 Å². The van der Waals surface area contributed by atoms with Gasteiger partial charge in [0.1, 0.15) is 0 Å². The van der Waals surface area contributed by atoms with E-state index in [1.54, 1.807) is 18.2 Å². The lowest BCUT2D eigenvalue weighted by atomic mass is 9.77. The van der Waals surface area contributed by atoms with Crippen LogP contribution in [0.25, 0.3) is 6.08 Å². The Bertz CT molecular complexity index is 1250. The average molecular weight is 437 g/mol. The second-order valence-electron chi connectivity index (χ2n) is 8.42. The fourth-order valence-corrected chi connectivity index (χ4v) is 4.88. The van der Waals surface area contributed by atoms with Crippen molar-refractivity contribution in [1.29, 1.82) is 0 Å². The highest BCUT2D eigenvalue weighted by Crippen LogP contribution is 2.45. The fourth-order valence-electron chi connectivity index (χ4n) is 4.88. The number of hydrogen-bond acceptors (Lipinski definition) is 3. The summed E-state index contributed by atoms with van der Waals surface area (Å²) in [6, 6.07) is 26.1. The monoisotopic (exact) mass is 436 g/mol. The van der Waals surface area contributed by atoms with Gasteiger partial charge in [0.05, 0.1) is 22.9 Å². The molecule has 33 heavy (non-hydrogen) atoms. The maximum Gasteiger partial charge on any atom is 0.336 e. The van der Waals surface area contributed by atoms with Gasteiger partial charge in [0, 0.05) is 5.92 Å². The molecule has 164 valence electrons. The van der Waals surface area contributed by atoms with Gasteiger partial charge in [0.15, 0.2) is 0 Å². The number of aromatic carboxylic acids is 1. The van der Waals surface area contributed by atoms with Gasteiger partial charge in [-0.05, 0) is 54.2 Å². The van der Waals surface area contributed by atoms with E-state index in [-0.39, 0.29) is 29.0 Å². The summed E-state index contributed by atoms with van der Waals surface area (Å²) in [5.41, 5.74) is 4.32. The van der Waals surface area contributed by atoms with Crippen molar-refractivity contribution < 1.29 is 14.7 Å². The van der Waals surface area contributed by atoms with Gasteiger partial charge in [-0.2, -0.15) is 5.10 Å². The molecule has 5 nitrogen and oxygen atoms in total. The highest BCUT2D eigenvalue weighted by molar-refractivity contribution is 6.10. The highest BCUT2D eigenvalue weighted by atomic mass is 16.4. The number of carbonyl (C=O) groups excluding carboxylic acids is 1. The molecule has 3 aromatic rings.